The first-order chi connectivity index (χ1) is 8.76. The van der Waals surface area contributed by atoms with E-state index >= 15 is 0 Å². The summed E-state index contributed by atoms with van der Waals surface area (Å²) in [7, 11) is 0. The van der Waals surface area contributed by atoms with Crippen LogP contribution in [-0.4, -0.2) is 4.98 Å². The molecule has 2 aromatic rings. The summed E-state index contributed by atoms with van der Waals surface area (Å²) in [5.74, 6) is 0. The first-order valence-electron chi connectivity index (χ1n) is 6.83. The predicted molar refractivity (Wildman–Crippen MR) is 79.4 cm³/mol. The molecule has 1 aromatic heterocycles. The van der Waals surface area contributed by atoms with Crippen LogP contribution in [0.2, 0.25) is 5.02 Å². The molecule has 0 N–H and O–H groups in total. The van der Waals surface area contributed by atoms with Gasteiger partial charge in [-0.05, 0) is 37.0 Å². The largest absolute Gasteiger partial charge is 0.251 e. The van der Waals surface area contributed by atoms with Gasteiger partial charge in [0, 0.05) is 11.1 Å². The van der Waals surface area contributed by atoms with Crippen LogP contribution in [0, 0.1) is 0 Å². The Labute approximate surface area is 114 Å². The molecule has 1 heterocycles. The van der Waals surface area contributed by atoms with Gasteiger partial charge in [-0.25, -0.2) is 0 Å². The lowest BCUT2D eigenvalue weighted by molar-refractivity contribution is 0.763. The molecule has 2 heteroatoms. The molecule has 96 valence electrons. The fraction of sp³-hybridized carbons (Fsp3) is 0.438. The van der Waals surface area contributed by atoms with E-state index in [9.17, 15) is 0 Å². The van der Waals surface area contributed by atoms with Crippen LogP contribution in [0.3, 0.4) is 0 Å². The third-order valence-corrected chi connectivity index (χ3v) is 3.56. The Hall–Kier alpha value is -1.08. The molecular weight excluding hydrogens is 242 g/mol. The highest BCUT2D eigenvalue weighted by Gasteiger charge is 2.08. The van der Waals surface area contributed by atoms with Crippen molar-refractivity contribution in [1.29, 1.82) is 0 Å². The second-order valence-electron chi connectivity index (χ2n) is 4.76. The quantitative estimate of drug-likeness (QED) is 0.722. The molecule has 0 fully saturated rings. The molecule has 1 aromatic carbocycles. The van der Waals surface area contributed by atoms with Crippen molar-refractivity contribution < 1.29 is 0 Å². The van der Waals surface area contributed by atoms with E-state index in [-0.39, 0.29) is 0 Å². The molecule has 2 rings (SSSR count). The highest BCUT2D eigenvalue weighted by Crippen LogP contribution is 2.25. The number of unbranched alkanes of at least 4 members (excludes halogenated alkanes) is 1. The number of hydrogen-bond acceptors (Lipinski definition) is 1. The highest BCUT2D eigenvalue weighted by atomic mass is 35.5. The molecule has 0 aliphatic carbocycles. The van der Waals surface area contributed by atoms with Crippen molar-refractivity contribution in [2.75, 3.05) is 0 Å². The lowest BCUT2D eigenvalue weighted by Crippen LogP contribution is -1.99. The monoisotopic (exact) mass is 261 g/mol. The summed E-state index contributed by atoms with van der Waals surface area (Å²) in [6.07, 6.45) is 5.72. The van der Waals surface area contributed by atoms with Gasteiger partial charge in [0.25, 0.3) is 0 Å². The van der Waals surface area contributed by atoms with Crippen molar-refractivity contribution in [3.63, 3.8) is 0 Å². The zero-order valence-electron chi connectivity index (χ0n) is 11.2. The molecule has 0 unspecified atom stereocenters. The van der Waals surface area contributed by atoms with Crippen LogP contribution in [0.5, 0.6) is 0 Å². The normalized spacial score (nSPS) is 11.1. The minimum absolute atomic E-state index is 0.758. The minimum atomic E-state index is 0.758. The number of benzene rings is 1. The molecule has 0 spiro atoms. The van der Waals surface area contributed by atoms with E-state index in [0.717, 1.165) is 35.2 Å². The average molecular weight is 262 g/mol. The Morgan fingerprint density at radius 2 is 1.94 bits per heavy atom. The van der Waals surface area contributed by atoms with Crippen molar-refractivity contribution in [2.24, 2.45) is 0 Å². The zero-order valence-corrected chi connectivity index (χ0v) is 11.9. The topological polar surface area (TPSA) is 12.9 Å². The van der Waals surface area contributed by atoms with Crippen LogP contribution in [0.15, 0.2) is 24.3 Å². The second kappa shape index (κ2) is 6.19. The molecule has 0 atom stereocenters. The number of pyridine rings is 1. The summed E-state index contributed by atoms with van der Waals surface area (Å²) in [5.41, 5.74) is 3.57. The number of halogens is 1. The smallest absolute Gasteiger partial charge is 0.0891 e. The molecule has 0 radical (unpaired) electrons. The van der Waals surface area contributed by atoms with Crippen LogP contribution >= 0.6 is 11.6 Å². The van der Waals surface area contributed by atoms with E-state index in [2.05, 4.69) is 26.0 Å². The molecule has 0 aliphatic rings. The van der Waals surface area contributed by atoms with Gasteiger partial charge >= 0.3 is 0 Å². The first kappa shape index (κ1) is 13.4. The molecule has 0 aliphatic heterocycles. The van der Waals surface area contributed by atoms with E-state index < -0.39 is 0 Å². The summed E-state index contributed by atoms with van der Waals surface area (Å²) in [6.45, 7) is 4.43. The fourth-order valence-corrected chi connectivity index (χ4v) is 2.51. The molecule has 0 amide bonds. The van der Waals surface area contributed by atoms with Crippen molar-refractivity contribution in [1.82, 2.24) is 4.98 Å². The van der Waals surface area contributed by atoms with Gasteiger partial charge in [-0.3, -0.25) is 4.98 Å². The average Bonchev–Trinajstić information content (AvgIpc) is 2.37. The predicted octanol–water partition coefficient (Wildman–Crippen LogP) is 5.18. The van der Waals surface area contributed by atoms with Gasteiger partial charge in [0.05, 0.1) is 10.5 Å². The SMILES string of the molecule is CCCCc1nc2c(Cl)cccc2cc1CCC. The number of rotatable bonds is 5. The van der Waals surface area contributed by atoms with E-state index in [4.69, 9.17) is 16.6 Å². The fourth-order valence-electron chi connectivity index (χ4n) is 2.29. The van der Waals surface area contributed by atoms with Gasteiger partial charge in [0.2, 0.25) is 0 Å². The van der Waals surface area contributed by atoms with Gasteiger partial charge in [-0.2, -0.15) is 0 Å². The van der Waals surface area contributed by atoms with Crippen LogP contribution < -0.4 is 0 Å². The molecular formula is C16H20ClN. The third-order valence-electron chi connectivity index (χ3n) is 3.25. The van der Waals surface area contributed by atoms with Gasteiger partial charge in [-0.15, -0.1) is 0 Å². The van der Waals surface area contributed by atoms with Gasteiger partial charge in [0.1, 0.15) is 0 Å². The van der Waals surface area contributed by atoms with Crippen molar-refractivity contribution >= 4 is 22.5 Å². The number of fused-ring (bicyclic) bond motifs is 1. The Morgan fingerprint density at radius 3 is 2.67 bits per heavy atom. The Kier molecular flexibility index (Phi) is 4.60. The number of hydrogen-bond donors (Lipinski definition) is 0. The standard InChI is InChI=1S/C16H20ClN/c1-3-5-10-15-12(7-4-2)11-13-8-6-9-14(17)16(13)18-15/h6,8-9,11H,3-5,7,10H2,1-2H3. The van der Waals surface area contributed by atoms with Crippen molar-refractivity contribution in [2.45, 2.75) is 46.0 Å². The molecule has 0 saturated heterocycles. The maximum atomic E-state index is 6.23. The number of aromatic nitrogens is 1. The second-order valence-corrected chi connectivity index (χ2v) is 5.17. The Bertz CT molecular complexity index is 534. The lowest BCUT2D eigenvalue weighted by atomic mass is 10.0. The van der Waals surface area contributed by atoms with Crippen molar-refractivity contribution in [3.8, 4) is 0 Å². The lowest BCUT2D eigenvalue weighted by Gasteiger charge is -2.10. The summed E-state index contributed by atoms with van der Waals surface area (Å²) in [5, 5.41) is 1.92. The van der Waals surface area contributed by atoms with Crippen molar-refractivity contribution in [3.05, 3.63) is 40.5 Å². The first-order valence-corrected chi connectivity index (χ1v) is 7.21. The molecule has 0 bridgehead atoms. The summed E-state index contributed by atoms with van der Waals surface area (Å²) in [4.78, 5) is 4.80. The minimum Gasteiger partial charge on any atom is -0.251 e. The van der Waals surface area contributed by atoms with Crippen LogP contribution in [0.25, 0.3) is 10.9 Å². The number of nitrogens with zero attached hydrogens (tertiary/aromatic N) is 1. The van der Waals surface area contributed by atoms with E-state index in [1.54, 1.807) is 0 Å². The maximum absolute atomic E-state index is 6.23. The molecule has 0 saturated carbocycles. The molecule has 18 heavy (non-hydrogen) atoms. The highest BCUT2D eigenvalue weighted by molar-refractivity contribution is 6.35. The van der Waals surface area contributed by atoms with Gasteiger partial charge in [0.15, 0.2) is 0 Å². The van der Waals surface area contributed by atoms with E-state index in [0.29, 0.717) is 0 Å². The van der Waals surface area contributed by atoms with Crippen LogP contribution in [-0.2, 0) is 12.8 Å². The van der Waals surface area contributed by atoms with Gasteiger partial charge in [-0.1, -0.05) is 50.4 Å². The number of para-hydroxylation sites is 1. The van der Waals surface area contributed by atoms with E-state index in [1.807, 2.05) is 12.1 Å². The number of aryl methyl sites for hydroxylation is 2. The summed E-state index contributed by atoms with van der Waals surface area (Å²) >= 11 is 6.23. The molecule has 1 nitrogen and oxygen atoms in total. The Balaban J connectivity index is 2.50. The van der Waals surface area contributed by atoms with Gasteiger partial charge < -0.3 is 0 Å². The maximum Gasteiger partial charge on any atom is 0.0891 e. The third kappa shape index (κ3) is 2.84. The summed E-state index contributed by atoms with van der Waals surface area (Å²) < 4.78 is 0. The Morgan fingerprint density at radius 1 is 1.11 bits per heavy atom. The summed E-state index contributed by atoms with van der Waals surface area (Å²) in [6, 6.07) is 8.27. The van der Waals surface area contributed by atoms with E-state index in [1.165, 1.54) is 24.1 Å². The zero-order chi connectivity index (χ0) is 13.0. The van der Waals surface area contributed by atoms with Crippen LogP contribution in [0.1, 0.15) is 44.4 Å². The van der Waals surface area contributed by atoms with Crippen LogP contribution in [0.4, 0.5) is 0 Å².